The molecule has 1 aromatic heterocycles. The molecule has 0 aliphatic rings. The van der Waals surface area contributed by atoms with E-state index in [1.165, 1.54) is 0 Å². The van der Waals surface area contributed by atoms with Gasteiger partial charge in [0.15, 0.2) is 0 Å². The highest BCUT2D eigenvalue weighted by Crippen LogP contribution is 2.20. The van der Waals surface area contributed by atoms with Crippen molar-refractivity contribution >= 4 is 17.3 Å². The van der Waals surface area contributed by atoms with Crippen molar-refractivity contribution in [3.8, 4) is 0 Å². The molecule has 104 valence electrons. The number of hydrogen-bond acceptors (Lipinski definition) is 5. The van der Waals surface area contributed by atoms with E-state index in [2.05, 4.69) is 20.5 Å². The molecule has 1 amide bonds. The fourth-order valence-electron chi connectivity index (χ4n) is 1.49. The van der Waals surface area contributed by atoms with Crippen LogP contribution in [0.25, 0.3) is 0 Å². The third kappa shape index (κ3) is 2.94. The summed E-state index contributed by atoms with van der Waals surface area (Å²) in [6.45, 7) is 1.83. The molecule has 2 rings (SSSR count). The molecule has 0 saturated heterocycles. The fraction of sp³-hybridized carbons (Fsp3) is 0.182. The minimum Gasteiger partial charge on any atom is -0.319 e. The number of amides is 1. The Morgan fingerprint density at radius 3 is 2.85 bits per heavy atom. The first-order valence-corrected chi connectivity index (χ1v) is 5.67. The van der Waals surface area contributed by atoms with Crippen LogP contribution in [0.4, 0.5) is 15.8 Å². The number of H-pyrrole nitrogens is 1. The number of nitro groups is 1. The normalized spacial score (nSPS) is 10.3. The van der Waals surface area contributed by atoms with Crippen LogP contribution in [-0.2, 0) is 6.42 Å². The number of benzene rings is 1. The molecule has 0 aliphatic carbocycles. The predicted octanol–water partition coefficient (Wildman–Crippen LogP) is 1.67. The summed E-state index contributed by atoms with van der Waals surface area (Å²) < 4.78 is 13.2. The molecular formula is C11H10FN5O3. The van der Waals surface area contributed by atoms with Crippen LogP contribution in [0.3, 0.4) is 0 Å². The molecule has 0 aliphatic heterocycles. The Labute approximate surface area is 112 Å². The van der Waals surface area contributed by atoms with Crippen LogP contribution >= 0.6 is 0 Å². The van der Waals surface area contributed by atoms with E-state index in [4.69, 9.17) is 0 Å². The Balaban J connectivity index is 2.21. The van der Waals surface area contributed by atoms with Gasteiger partial charge in [-0.1, -0.05) is 6.92 Å². The zero-order chi connectivity index (χ0) is 14.7. The second-order valence-corrected chi connectivity index (χ2v) is 3.87. The van der Waals surface area contributed by atoms with Crippen LogP contribution in [0.2, 0.25) is 0 Å². The van der Waals surface area contributed by atoms with E-state index in [0.717, 1.165) is 18.2 Å². The van der Waals surface area contributed by atoms with Gasteiger partial charge in [-0.3, -0.25) is 20.0 Å². The Bertz CT molecular complexity index is 670. The van der Waals surface area contributed by atoms with Crippen molar-refractivity contribution in [2.24, 2.45) is 0 Å². The average Bonchev–Trinajstić information content (AvgIpc) is 2.86. The van der Waals surface area contributed by atoms with E-state index in [1.54, 1.807) is 0 Å². The average molecular weight is 279 g/mol. The zero-order valence-corrected chi connectivity index (χ0v) is 10.4. The lowest BCUT2D eigenvalue weighted by Gasteiger charge is -2.02. The number of carbonyl (C=O) groups is 1. The maximum absolute atomic E-state index is 13.2. The molecule has 0 bridgehead atoms. The van der Waals surface area contributed by atoms with E-state index in [1.807, 2.05) is 6.92 Å². The summed E-state index contributed by atoms with van der Waals surface area (Å²) in [5.74, 6) is -1.09. The van der Waals surface area contributed by atoms with Gasteiger partial charge in [0.2, 0.25) is 5.82 Å². The predicted molar refractivity (Wildman–Crippen MR) is 66.8 cm³/mol. The van der Waals surface area contributed by atoms with E-state index < -0.39 is 22.3 Å². The van der Waals surface area contributed by atoms with Gasteiger partial charge in [0, 0.05) is 12.5 Å². The van der Waals surface area contributed by atoms with Crippen molar-refractivity contribution in [3.05, 3.63) is 45.8 Å². The van der Waals surface area contributed by atoms with Gasteiger partial charge in [0.25, 0.3) is 11.6 Å². The summed E-state index contributed by atoms with van der Waals surface area (Å²) in [5.41, 5.74) is -0.492. The number of nitro benzene ring substituents is 1. The molecule has 8 nitrogen and oxygen atoms in total. The highest BCUT2D eigenvalue weighted by atomic mass is 19.1. The van der Waals surface area contributed by atoms with Gasteiger partial charge in [-0.05, 0) is 6.07 Å². The summed E-state index contributed by atoms with van der Waals surface area (Å²) in [6, 6.07) is 2.78. The maximum Gasteiger partial charge on any atom is 0.295 e. The van der Waals surface area contributed by atoms with Gasteiger partial charge in [-0.25, -0.2) is 9.37 Å². The van der Waals surface area contributed by atoms with E-state index in [9.17, 15) is 19.3 Å². The van der Waals surface area contributed by atoms with Crippen molar-refractivity contribution in [3.63, 3.8) is 0 Å². The van der Waals surface area contributed by atoms with Crippen LogP contribution in [0, 0.1) is 15.9 Å². The molecule has 1 aromatic carbocycles. The molecule has 0 saturated carbocycles. The maximum atomic E-state index is 13.2. The number of aryl methyl sites for hydroxylation is 1. The topological polar surface area (TPSA) is 114 Å². The zero-order valence-electron chi connectivity index (χ0n) is 10.4. The van der Waals surface area contributed by atoms with Gasteiger partial charge in [0.05, 0.1) is 16.7 Å². The number of nitrogens with one attached hydrogen (secondary N) is 2. The molecule has 9 heteroatoms. The largest absolute Gasteiger partial charge is 0.319 e. The lowest BCUT2D eigenvalue weighted by Crippen LogP contribution is -2.14. The second kappa shape index (κ2) is 5.43. The monoisotopic (exact) mass is 279 g/mol. The molecule has 0 unspecified atom stereocenters. The van der Waals surface area contributed by atoms with Crippen molar-refractivity contribution in [1.29, 1.82) is 0 Å². The van der Waals surface area contributed by atoms with E-state index in [-0.39, 0.29) is 11.5 Å². The van der Waals surface area contributed by atoms with Crippen LogP contribution in [0.1, 0.15) is 23.4 Å². The number of rotatable bonds is 4. The number of anilines is 1. The highest BCUT2D eigenvalue weighted by Gasteiger charge is 2.15. The summed E-state index contributed by atoms with van der Waals surface area (Å²) in [5, 5.41) is 19.1. The number of nitrogens with zero attached hydrogens (tertiary/aromatic N) is 3. The van der Waals surface area contributed by atoms with Crippen LogP contribution in [-0.4, -0.2) is 26.0 Å². The number of non-ortho nitro benzene ring substituents is 1. The first kappa shape index (κ1) is 13.6. The van der Waals surface area contributed by atoms with Crippen LogP contribution in [0.15, 0.2) is 18.2 Å². The molecule has 1 heterocycles. The van der Waals surface area contributed by atoms with Crippen LogP contribution in [0.5, 0.6) is 0 Å². The van der Waals surface area contributed by atoms with Gasteiger partial charge in [-0.15, -0.1) is 5.10 Å². The van der Waals surface area contributed by atoms with E-state index >= 15 is 0 Å². The first-order valence-electron chi connectivity index (χ1n) is 5.67. The molecule has 0 spiro atoms. The van der Waals surface area contributed by atoms with Crippen molar-refractivity contribution in [2.75, 3.05) is 5.32 Å². The quantitative estimate of drug-likeness (QED) is 0.652. The molecule has 0 radical (unpaired) electrons. The molecule has 0 atom stereocenters. The highest BCUT2D eigenvalue weighted by molar-refractivity contribution is 6.01. The standard InChI is InChI=1S/C11H10FN5O3/c1-2-9-14-10(16-15-9)11(18)13-7-3-6(12)4-8(5-7)17(19)20/h3-5H,2H2,1H3,(H,13,18)(H,14,15,16). The molecular weight excluding hydrogens is 269 g/mol. The van der Waals surface area contributed by atoms with Gasteiger partial charge < -0.3 is 5.32 Å². The number of aromatic nitrogens is 3. The lowest BCUT2D eigenvalue weighted by molar-refractivity contribution is -0.385. The molecule has 2 N–H and O–H groups in total. The Morgan fingerprint density at radius 2 is 2.25 bits per heavy atom. The number of halogens is 1. The lowest BCUT2D eigenvalue weighted by atomic mass is 10.2. The molecule has 2 aromatic rings. The first-order chi connectivity index (χ1) is 9.49. The Hall–Kier alpha value is -2.84. The van der Waals surface area contributed by atoms with E-state index in [0.29, 0.717) is 12.2 Å². The molecule has 0 fully saturated rings. The second-order valence-electron chi connectivity index (χ2n) is 3.87. The fourth-order valence-corrected chi connectivity index (χ4v) is 1.49. The van der Waals surface area contributed by atoms with Gasteiger partial charge in [-0.2, -0.15) is 0 Å². The van der Waals surface area contributed by atoms with Crippen molar-refractivity contribution in [2.45, 2.75) is 13.3 Å². The van der Waals surface area contributed by atoms with Crippen molar-refractivity contribution in [1.82, 2.24) is 15.2 Å². The minimum atomic E-state index is -0.821. The number of aromatic amines is 1. The van der Waals surface area contributed by atoms with Crippen LogP contribution < -0.4 is 5.32 Å². The third-order valence-corrected chi connectivity index (χ3v) is 2.42. The number of carbonyl (C=O) groups excluding carboxylic acids is 1. The SMILES string of the molecule is CCc1nc(C(=O)Nc2cc(F)cc([N+](=O)[O-])c2)n[nH]1. The summed E-state index contributed by atoms with van der Waals surface area (Å²) in [4.78, 5) is 25.5. The number of hydrogen-bond donors (Lipinski definition) is 2. The van der Waals surface area contributed by atoms with Gasteiger partial charge >= 0.3 is 0 Å². The third-order valence-electron chi connectivity index (χ3n) is 2.42. The van der Waals surface area contributed by atoms with Crippen molar-refractivity contribution < 1.29 is 14.1 Å². The minimum absolute atomic E-state index is 0.0375. The van der Waals surface area contributed by atoms with Gasteiger partial charge in [0.1, 0.15) is 11.6 Å². The Kier molecular flexibility index (Phi) is 3.69. The smallest absolute Gasteiger partial charge is 0.295 e. The Morgan fingerprint density at radius 1 is 1.50 bits per heavy atom. The summed E-state index contributed by atoms with van der Waals surface area (Å²) in [6.07, 6.45) is 0.575. The molecule has 20 heavy (non-hydrogen) atoms. The summed E-state index contributed by atoms with van der Waals surface area (Å²) in [7, 11) is 0. The summed E-state index contributed by atoms with van der Waals surface area (Å²) >= 11 is 0.